The standard InChI is InChI=1S/6C4H9.ClH.2Sn/c6*1-3-4-2;;;/h6*1,3-4H2,2H3;1H;;/q;;;;;;;;+1/p-1. The summed E-state index contributed by atoms with van der Waals surface area (Å²) < 4.78 is 9.31. The number of unbranched alkanes of at least 4 members (excludes halogenated alkanes) is 6. The molecule has 0 spiro atoms. The molecule has 0 aromatic rings. The molecule has 0 aliphatic carbocycles. The van der Waals surface area contributed by atoms with Gasteiger partial charge in [-0.25, -0.2) is 0 Å². The van der Waals surface area contributed by atoms with Crippen molar-refractivity contribution in [2.75, 3.05) is 0 Å². The van der Waals surface area contributed by atoms with Crippen LogP contribution in [0.5, 0.6) is 0 Å². The fourth-order valence-corrected chi connectivity index (χ4v) is 26.2. The Morgan fingerprint density at radius 3 is 0.963 bits per heavy atom. The van der Waals surface area contributed by atoms with Crippen LogP contribution in [0.4, 0.5) is 0 Å². The van der Waals surface area contributed by atoms with Crippen LogP contribution < -0.4 is 0 Å². The van der Waals surface area contributed by atoms with Gasteiger partial charge in [0.05, 0.1) is 0 Å². The van der Waals surface area contributed by atoms with E-state index in [0.717, 1.165) is 0 Å². The van der Waals surface area contributed by atoms with E-state index in [1.54, 1.807) is 13.3 Å². The molecule has 0 bridgehead atoms. The fraction of sp³-hybridized carbons (Fsp3) is 1.00. The first-order chi connectivity index (χ1) is 13.0. The first kappa shape index (κ1) is 31.1. The quantitative estimate of drug-likeness (QED) is 0.135. The van der Waals surface area contributed by atoms with Crippen LogP contribution in [0.2, 0.25) is 26.6 Å². The van der Waals surface area contributed by atoms with Crippen molar-refractivity contribution < 1.29 is 0 Å². The van der Waals surface area contributed by atoms with Crippen molar-refractivity contribution in [3.8, 4) is 0 Å². The van der Waals surface area contributed by atoms with Crippen molar-refractivity contribution in [1.82, 2.24) is 0 Å². The third-order valence-electron chi connectivity index (χ3n) is 5.59. The summed E-state index contributed by atoms with van der Waals surface area (Å²) in [6.07, 6.45) is 17.0. The Morgan fingerprint density at radius 2 is 0.741 bits per heavy atom. The molecule has 0 aromatic carbocycles. The van der Waals surface area contributed by atoms with Gasteiger partial charge in [0.15, 0.2) is 0 Å². The summed E-state index contributed by atoms with van der Waals surface area (Å²) in [6.45, 7) is 13.8. The summed E-state index contributed by atoms with van der Waals surface area (Å²) in [7, 11) is 6.89. The topological polar surface area (TPSA) is 0 Å². The van der Waals surface area contributed by atoms with E-state index >= 15 is 0 Å². The third kappa shape index (κ3) is 22.4. The molecule has 0 heterocycles. The summed E-state index contributed by atoms with van der Waals surface area (Å²) in [5.41, 5.74) is 0. The predicted octanol–water partition coefficient (Wildman–Crippen LogP) is 10.5. The van der Waals surface area contributed by atoms with Crippen LogP contribution in [0, 0.1) is 0 Å². The van der Waals surface area contributed by atoms with Crippen LogP contribution in [0.25, 0.3) is 0 Å². The zero-order chi connectivity index (χ0) is 20.8. The molecule has 0 unspecified atom stereocenters. The summed E-state index contributed by atoms with van der Waals surface area (Å²) in [6, 6.07) is 0. The molecule has 3 heteroatoms. The van der Waals surface area contributed by atoms with Crippen molar-refractivity contribution in [3.63, 3.8) is 0 Å². The Bertz CT molecular complexity index is 230. The second kappa shape index (κ2) is 24.2. The van der Waals surface area contributed by atoms with Crippen LogP contribution in [0.15, 0.2) is 0 Å². The maximum atomic E-state index is 6.89. The molecule has 165 valence electrons. The Kier molecular flexibility index (Phi) is 27.8. The van der Waals surface area contributed by atoms with E-state index in [4.69, 9.17) is 8.92 Å². The number of rotatable bonds is 18. The van der Waals surface area contributed by atoms with E-state index in [-0.39, 0.29) is 0 Å². The Balaban J connectivity index is 0. The van der Waals surface area contributed by atoms with E-state index in [9.17, 15) is 0 Å². The summed E-state index contributed by atoms with van der Waals surface area (Å²) >= 11 is -2.93. The van der Waals surface area contributed by atoms with Gasteiger partial charge in [-0.1, -0.05) is 0 Å². The second-order valence-electron chi connectivity index (χ2n) is 8.52. The molecule has 0 aliphatic heterocycles. The minimum absolute atomic E-state index is 0.839. The van der Waals surface area contributed by atoms with Gasteiger partial charge < -0.3 is 0 Å². The Labute approximate surface area is 189 Å². The number of hydrogen-bond acceptors (Lipinski definition) is 0. The monoisotopic (exact) mass is 617 g/mol. The molecule has 0 fully saturated rings. The van der Waals surface area contributed by atoms with Gasteiger partial charge in [0.2, 0.25) is 0 Å². The van der Waals surface area contributed by atoms with Crippen molar-refractivity contribution >= 4 is 45.9 Å². The van der Waals surface area contributed by atoms with Gasteiger partial charge in [-0.05, 0) is 0 Å². The van der Waals surface area contributed by atoms with Gasteiger partial charge >= 0.3 is 191 Å². The molecule has 0 amide bonds. The molecule has 0 aromatic heterocycles. The van der Waals surface area contributed by atoms with E-state index in [1.165, 1.54) is 90.4 Å². The van der Waals surface area contributed by atoms with E-state index in [0.29, 0.717) is 0 Å². The van der Waals surface area contributed by atoms with Crippen molar-refractivity contribution in [3.05, 3.63) is 0 Å². The molecule has 0 atom stereocenters. The van der Waals surface area contributed by atoms with Crippen LogP contribution in [0.1, 0.15) is 119 Å². The molecule has 0 saturated heterocycles. The van der Waals surface area contributed by atoms with Crippen LogP contribution in [-0.4, -0.2) is 37.0 Å². The van der Waals surface area contributed by atoms with Crippen LogP contribution in [0.3, 0.4) is 0 Å². The molecule has 0 rings (SSSR count). The van der Waals surface area contributed by atoms with Crippen LogP contribution >= 0.6 is 8.92 Å². The van der Waals surface area contributed by atoms with E-state index in [1.807, 2.05) is 0 Å². The number of hydrogen-bond donors (Lipinski definition) is 0. The Hall–Kier alpha value is 1.89. The van der Waals surface area contributed by atoms with Crippen molar-refractivity contribution in [1.29, 1.82) is 0 Å². The van der Waals surface area contributed by atoms with Crippen LogP contribution in [-0.2, 0) is 0 Å². The van der Waals surface area contributed by atoms with E-state index < -0.39 is 37.0 Å². The third-order valence-corrected chi connectivity index (χ3v) is 29.2. The predicted molar refractivity (Wildman–Crippen MR) is 136 cm³/mol. The van der Waals surface area contributed by atoms with Gasteiger partial charge in [-0.2, -0.15) is 0 Å². The fourth-order valence-electron chi connectivity index (χ4n) is 3.51. The van der Waals surface area contributed by atoms with Gasteiger partial charge in [0.25, 0.3) is 0 Å². The van der Waals surface area contributed by atoms with Crippen molar-refractivity contribution in [2.45, 2.75) is 145 Å². The number of halogens is 1. The maximum absolute atomic E-state index is 6.89. The molecule has 27 heavy (non-hydrogen) atoms. The molecule has 0 N–H and O–H groups in total. The average molecular weight is 616 g/mol. The van der Waals surface area contributed by atoms with Gasteiger partial charge in [-0.15, -0.1) is 0 Å². The normalized spacial score (nSPS) is 11.6. The first-order valence-corrected chi connectivity index (χ1v) is 28.3. The second-order valence-corrected chi connectivity index (χ2v) is 33.3. The molecular formula is C24H54ClSn2. The molecular weight excluding hydrogens is 561 g/mol. The zero-order valence-corrected chi connectivity index (χ0v) is 26.6. The first-order valence-electron chi connectivity index (χ1n) is 12.6. The average Bonchev–Trinajstić information content (AvgIpc) is 2.69. The van der Waals surface area contributed by atoms with Gasteiger partial charge in [-0.3, -0.25) is 0 Å². The van der Waals surface area contributed by atoms with Crippen molar-refractivity contribution in [2.24, 2.45) is 0 Å². The summed E-state index contributed by atoms with van der Waals surface area (Å²) in [5, 5.41) is 0. The SMILES string of the molecule is CCC[CH2][Sn]([CH2]CCC)[CH2]CCC.CCC[CH2][Sn]([Cl])([CH2]CCC)[CH2]CCC. The summed E-state index contributed by atoms with van der Waals surface area (Å²) in [4.78, 5) is 0. The molecule has 0 nitrogen and oxygen atoms in total. The molecule has 1 radical (unpaired) electrons. The Morgan fingerprint density at radius 1 is 0.481 bits per heavy atom. The zero-order valence-electron chi connectivity index (χ0n) is 20.1. The molecule has 0 saturated carbocycles. The minimum atomic E-state index is -2.09. The van der Waals surface area contributed by atoms with Gasteiger partial charge in [0.1, 0.15) is 0 Å². The van der Waals surface area contributed by atoms with Gasteiger partial charge in [0, 0.05) is 0 Å². The summed E-state index contributed by atoms with van der Waals surface area (Å²) in [5.74, 6) is 0. The molecule has 0 aliphatic rings. The van der Waals surface area contributed by atoms with E-state index in [2.05, 4.69) is 41.5 Å².